The lowest BCUT2D eigenvalue weighted by Crippen LogP contribution is -2.13. The molecule has 0 aromatic carbocycles. The van der Waals surface area contributed by atoms with Crippen LogP contribution in [0.2, 0.25) is 5.02 Å². The molecule has 1 rings (SSSR count). The zero-order chi connectivity index (χ0) is 8.43. The number of pyridine rings is 1. The molecule has 0 spiro atoms. The van der Waals surface area contributed by atoms with Crippen LogP contribution in [-0.2, 0) is 0 Å². The molecule has 0 amide bonds. The number of hydrogen-bond acceptors (Lipinski definition) is 2. The first kappa shape index (κ1) is 8.73. The van der Waals surface area contributed by atoms with Gasteiger partial charge < -0.3 is 5.73 Å². The van der Waals surface area contributed by atoms with Gasteiger partial charge in [-0.2, -0.15) is 0 Å². The Morgan fingerprint density at radius 2 is 2.36 bits per heavy atom. The van der Waals surface area contributed by atoms with E-state index in [-0.39, 0.29) is 5.84 Å². The van der Waals surface area contributed by atoms with E-state index in [1.54, 1.807) is 12.3 Å². The van der Waals surface area contributed by atoms with Gasteiger partial charge in [0.05, 0.1) is 5.02 Å². The number of rotatable bonds is 1. The summed E-state index contributed by atoms with van der Waals surface area (Å²) in [6, 6.07) is 1.71. The fourth-order valence-corrected chi connectivity index (χ4v) is 1.52. The Morgan fingerprint density at radius 1 is 1.73 bits per heavy atom. The van der Waals surface area contributed by atoms with Gasteiger partial charge in [-0.25, -0.2) is 0 Å². The highest BCUT2D eigenvalue weighted by molar-refractivity contribution is 14.1. The SMILES string of the molecule is N=C(N)c1ncc(I)cc1Cl. The number of hydrogen-bond donors (Lipinski definition) is 2. The fourth-order valence-electron chi connectivity index (χ4n) is 0.613. The summed E-state index contributed by atoms with van der Waals surface area (Å²) < 4.78 is 0.928. The summed E-state index contributed by atoms with van der Waals surface area (Å²) in [5.74, 6) is -0.105. The van der Waals surface area contributed by atoms with E-state index in [0.29, 0.717) is 10.7 Å². The quantitative estimate of drug-likeness (QED) is 0.467. The molecule has 3 nitrogen and oxygen atoms in total. The summed E-state index contributed by atoms with van der Waals surface area (Å²) in [6.07, 6.45) is 1.61. The van der Waals surface area contributed by atoms with Crippen molar-refractivity contribution in [2.45, 2.75) is 0 Å². The second-order valence-corrected chi connectivity index (χ2v) is 3.55. The van der Waals surface area contributed by atoms with Gasteiger partial charge in [-0.15, -0.1) is 0 Å². The van der Waals surface area contributed by atoms with Gasteiger partial charge in [-0.3, -0.25) is 10.4 Å². The molecule has 1 aromatic heterocycles. The van der Waals surface area contributed by atoms with E-state index in [1.165, 1.54) is 0 Å². The molecule has 11 heavy (non-hydrogen) atoms. The van der Waals surface area contributed by atoms with Crippen LogP contribution >= 0.6 is 34.2 Å². The summed E-state index contributed by atoms with van der Waals surface area (Å²) >= 11 is 7.82. The molecule has 0 radical (unpaired) electrons. The zero-order valence-corrected chi connectivity index (χ0v) is 8.35. The summed E-state index contributed by atoms with van der Waals surface area (Å²) in [5, 5.41) is 7.50. The van der Waals surface area contributed by atoms with E-state index >= 15 is 0 Å². The fraction of sp³-hybridized carbons (Fsp3) is 0. The molecule has 1 heterocycles. The Kier molecular flexibility index (Phi) is 2.67. The molecule has 0 saturated carbocycles. The molecule has 58 valence electrons. The van der Waals surface area contributed by atoms with Gasteiger partial charge in [0.15, 0.2) is 0 Å². The van der Waals surface area contributed by atoms with Crippen LogP contribution < -0.4 is 5.73 Å². The molecule has 0 aliphatic rings. The smallest absolute Gasteiger partial charge is 0.143 e. The molecule has 3 N–H and O–H groups in total. The van der Waals surface area contributed by atoms with Crippen molar-refractivity contribution in [3.05, 3.63) is 26.5 Å². The van der Waals surface area contributed by atoms with Crippen molar-refractivity contribution in [1.82, 2.24) is 4.98 Å². The van der Waals surface area contributed by atoms with Crippen LogP contribution in [-0.4, -0.2) is 10.8 Å². The van der Waals surface area contributed by atoms with Crippen LogP contribution in [0.3, 0.4) is 0 Å². The van der Waals surface area contributed by atoms with Crippen LogP contribution in [0, 0.1) is 8.98 Å². The van der Waals surface area contributed by atoms with Gasteiger partial charge in [0.1, 0.15) is 11.5 Å². The van der Waals surface area contributed by atoms with Crippen molar-refractivity contribution in [3.8, 4) is 0 Å². The molecule has 0 bridgehead atoms. The van der Waals surface area contributed by atoms with Gasteiger partial charge in [0, 0.05) is 9.77 Å². The maximum absolute atomic E-state index is 7.08. The predicted octanol–water partition coefficient (Wildman–Crippen LogP) is 1.62. The molecule has 0 saturated heterocycles. The number of nitrogens with two attached hydrogens (primary N) is 1. The highest BCUT2D eigenvalue weighted by Gasteiger charge is 2.04. The summed E-state index contributed by atoms with van der Waals surface area (Å²) in [6.45, 7) is 0. The molecule has 0 fully saturated rings. The third-order valence-electron chi connectivity index (χ3n) is 1.06. The Balaban J connectivity index is 3.20. The van der Waals surface area contributed by atoms with Crippen LogP contribution in [0.25, 0.3) is 0 Å². The minimum absolute atomic E-state index is 0.105. The number of nitrogen functional groups attached to an aromatic ring is 1. The van der Waals surface area contributed by atoms with Crippen molar-refractivity contribution >= 4 is 40.0 Å². The molecule has 0 aliphatic heterocycles. The van der Waals surface area contributed by atoms with Crippen LogP contribution in [0.1, 0.15) is 5.69 Å². The normalized spacial score (nSPS) is 9.64. The average molecular weight is 281 g/mol. The highest BCUT2D eigenvalue weighted by atomic mass is 127. The average Bonchev–Trinajstić information content (AvgIpc) is 1.85. The topological polar surface area (TPSA) is 62.8 Å². The van der Waals surface area contributed by atoms with Gasteiger partial charge >= 0.3 is 0 Å². The standard InChI is InChI=1S/C6H5ClIN3/c7-4-1-3(8)2-11-5(4)6(9)10/h1-2H,(H3,9,10). The molecular formula is C6H5ClIN3. The Morgan fingerprint density at radius 3 is 2.82 bits per heavy atom. The first-order valence-corrected chi connectivity index (χ1v) is 4.22. The minimum atomic E-state index is -0.105. The van der Waals surface area contributed by atoms with Crippen LogP contribution in [0.15, 0.2) is 12.3 Å². The lowest BCUT2D eigenvalue weighted by Gasteiger charge is -1.99. The largest absolute Gasteiger partial charge is 0.382 e. The lowest BCUT2D eigenvalue weighted by atomic mass is 10.3. The van der Waals surface area contributed by atoms with E-state index in [4.69, 9.17) is 22.7 Å². The monoisotopic (exact) mass is 281 g/mol. The van der Waals surface area contributed by atoms with Gasteiger partial charge in [-0.1, -0.05) is 11.6 Å². The molecule has 0 aliphatic carbocycles. The van der Waals surface area contributed by atoms with E-state index in [0.717, 1.165) is 3.57 Å². The molecule has 1 aromatic rings. The van der Waals surface area contributed by atoms with E-state index in [9.17, 15) is 0 Å². The van der Waals surface area contributed by atoms with Crippen molar-refractivity contribution in [3.63, 3.8) is 0 Å². The highest BCUT2D eigenvalue weighted by Crippen LogP contribution is 2.15. The first-order valence-electron chi connectivity index (χ1n) is 2.76. The maximum Gasteiger partial charge on any atom is 0.143 e. The lowest BCUT2D eigenvalue weighted by molar-refractivity contribution is 1.24. The number of nitrogens with one attached hydrogen (secondary N) is 1. The second-order valence-electron chi connectivity index (χ2n) is 1.90. The predicted molar refractivity (Wildman–Crippen MR) is 53.0 cm³/mol. The Labute approximate surface area is 82.6 Å². The number of halogens is 2. The summed E-state index contributed by atoms with van der Waals surface area (Å²) in [5.41, 5.74) is 5.54. The van der Waals surface area contributed by atoms with Gasteiger partial charge in [-0.05, 0) is 28.7 Å². The minimum Gasteiger partial charge on any atom is -0.382 e. The number of aromatic nitrogens is 1. The molecular weight excluding hydrogens is 276 g/mol. The maximum atomic E-state index is 7.08. The zero-order valence-electron chi connectivity index (χ0n) is 5.44. The third-order valence-corrected chi connectivity index (χ3v) is 1.94. The van der Waals surface area contributed by atoms with Crippen molar-refractivity contribution < 1.29 is 0 Å². The van der Waals surface area contributed by atoms with E-state index in [2.05, 4.69) is 27.6 Å². The van der Waals surface area contributed by atoms with E-state index < -0.39 is 0 Å². The third kappa shape index (κ3) is 2.03. The van der Waals surface area contributed by atoms with Crippen LogP contribution in [0.4, 0.5) is 0 Å². The Hall–Kier alpha value is -0.360. The van der Waals surface area contributed by atoms with Crippen molar-refractivity contribution in [2.24, 2.45) is 5.73 Å². The van der Waals surface area contributed by atoms with Crippen LogP contribution in [0.5, 0.6) is 0 Å². The summed E-state index contributed by atoms with van der Waals surface area (Å²) in [7, 11) is 0. The van der Waals surface area contributed by atoms with Gasteiger partial charge in [0.25, 0.3) is 0 Å². The summed E-state index contributed by atoms with van der Waals surface area (Å²) in [4.78, 5) is 3.89. The number of nitrogens with zero attached hydrogens (tertiary/aromatic N) is 1. The van der Waals surface area contributed by atoms with Crippen molar-refractivity contribution in [2.75, 3.05) is 0 Å². The van der Waals surface area contributed by atoms with Gasteiger partial charge in [0.2, 0.25) is 0 Å². The van der Waals surface area contributed by atoms with Crippen molar-refractivity contribution in [1.29, 1.82) is 5.41 Å². The molecule has 0 atom stereocenters. The second kappa shape index (κ2) is 3.36. The van der Waals surface area contributed by atoms with E-state index in [1.807, 2.05) is 0 Å². The molecule has 0 unspecified atom stereocenters. The first-order chi connectivity index (χ1) is 5.11. The Bertz CT molecular complexity index is 300. The molecule has 5 heteroatoms. The number of amidine groups is 1.